The van der Waals surface area contributed by atoms with Crippen molar-refractivity contribution in [1.82, 2.24) is 9.88 Å². The number of hydrogen-bond acceptors (Lipinski definition) is 3. The molecule has 0 aromatic carbocycles. The molecule has 0 bridgehead atoms. The van der Waals surface area contributed by atoms with Gasteiger partial charge in [-0.1, -0.05) is 0 Å². The number of likely N-dealkylation sites (N-methyl/N-ethyl adjacent to an activating group) is 1. The molecule has 2 heterocycles. The Labute approximate surface area is 108 Å². The van der Waals surface area contributed by atoms with Crippen LogP contribution in [0.5, 0.6) is 5.75 Å². The van der Waals surface area contributed by atoms with E-state index in [1.54, 1.807) is 0 Å². The van der Waals surface area contributed by atoms with E-state index in [0.717, 1.165) is 25.3 Å². The Kier molecular flexibility index (Phi) is 3.98. The molecule has 1 aliphatic rings. The minimum absolute atomic E-state index is 0.352. The molecule has 1 aromatic rings. The third-order valence-electron chi connectivity index (χ3n) is 3.15. The number of nitrogens with zero attached hydrogens (tertiary/aromatic N) is 2. The average Bonchev–Trinajstić information content (AvgIpc) is 2.63. The molecule has 0 radical (unpaired) electrons. The van der Waals surface area contributed by atoms with Gasteiger partial charge in [0.25, 0.3) is 0 Å². The Morgan fingerprint density at radius 1 is 1.41 bits per heavy atom. The summed E-state index contributed by atoms with van der Waals surface area (Å²) in [6.45, 7) is 2.18. The number of aromatic nitrogens is 1. The van der Waals surface area contributed by atoms with Crippen LogP contribution in [-0.2, 0) is 0 Å². The third kappa shape index (κ3) is 3.58. The maximum absolute atomic E-state index is 6.03. The van der Waals surface area contributed by atoms with Gasteiger partial charge in [-0.05, 0) is 0 Å². The van der Waals surface area contributed by atoms with E-state index in [9.17, 15) is 0 Å². The molecule has 17 heavy (non-hydrogen) atoms. The summed E-state index contributed by atoms with van der Waals surface area (Å²) in [6, 6.07) is 4.15. The van der Waals surface area contributed by atoms with Crippen molar-refractivity contribution in [2.75, 3.05) is 20.1 Å². The van der Waals surface area contributed by atoms with E-state index < -0.39 is 18.4 Å². The molecule has 1 aliphatic heterocycles. The summed E-state index contributed by atoms with van der Waals surface area (Å²) >= 11 is -2.06. The first-order valence-electron chi connectivity index (χ1n) is 6.27. The van der Waals surface area contributed by atoms with Gasteiger partial charge in [0.15, 0.2) is 0 Å². The topological polar surface area (TPSA) is 25.4 Å². The van der Waals surface area contributed by atoms with Gasteiger partial charge in [-0.25, -0.2) is 0 Å². The van der Waals surface area contributed by atoms with Crippen molar-refractivity contribution in [1.29, 1.82) is 0 Å². The molecule has 0 saturated carbocycles. The van der Waals surface area contributed by atoms with Crippen LogP contribution >= 0.6 is 0 Å². The van der Waals surface area contributed by atoms with E-state index in [4.69, 9.17) is 4.74 Å². The van der Waals surface area contributed by atoms with Crippen LogP contribution in [0.4, 0.5) is 0 Å². The van der Waals surface area contributed by atoms with E-state index in [0.29, 0.717) is 6.10 Å². The molecule has 1 atom stereocenters. The summed E-state index contributed by atoms with van der Waals surface area (Å²) in [6.07, 6.45) is 3.38. The SMILES string of the molecule is CN1CC[C@@H](Oc2ccn[c]([Sn]([CH3])([CH3])[CH3])c2)C1. The Morgan fingerprint density at radius 2 is 2.18 bits per heavy atom. The summed E-state index contributed by atoms with van der Waals surface area (Å²) in [4.78, 5) is 14.0. The van der Waals surface area contributed by atoms with E-state index in [2.05, 4.69) is 37.8 Å². The Bertz CT molecular complexity index is 389. The van der Waals surface area contributed by atoms with Crippen LogP contribution < -0.4 is 8.45 Å². The zero-order valence-electron chi connectivity index (χ0n) is 11.2. The fourth-order valence-corrected chi connectivity index (χ4v) is 5.04. The fourth-order valence-electron chi connectivity index (χ4n) is 2.08. The Hall–Kier alpha value is -0.291. The number of likely N-dealkylation sites (tertiary alicyclic amines) is 1. The fraction of sp³-hybridized carbons (Fsp3) is 0.615. The third-order valence-corrected chi connectivity index (χ3v) is 8.32. The first-order valence-corrected chi connectivity index (χ1v) is 16.3. The molecule has 94 valence electrons. The van der Waals surface area contributed by atoms with Crippen molar-refractivity contribution in [3.8, 4) is 5.75 Å². The zero-order chi connectivity index (χ0) is 12.5. The molecule has 0 unspecified atom stereocenters. The number of hydrogen-bond donors (Lipinski definition) is 0. The molecule has 2 rings (SSSR count). The van der Waals surface area contributed by atoms with Gasteiger partial charge in [-0.15, -0.1) is 0 Å². The quantitative estimate of drug-likeness (QED) is 0.783. The summed E-state index contributed by atoms with van der Waals surface area (Å²) in [5.41, 5.74) is 0. The average molecular weight is 341 g/mol. The molecule has 1 aromatic heterocycles. The van der Waals surface area contributed by atoms with Gasteiger partial charge in [0.1, 0.15) is 0 Å². The standard InChI is InChI=1S/C10H13N2O.3CH3.Sn/c1-12-7-4-10(8-12)13-9-2-5-11-6-3-9;;;;/h2-3,5,10H,4,7-8H2,1H3;3*1H3;/t10-;;;;/m1..../s1. The minimum atomic E-state index is -2.06. The first-order chi connectivity index (χ1) is 7.95. The van der Waals surface area contributed by atoms with Crippen LogP contribution in [-0.4, -0.2) is 54.5 Å². The predicted molar refractivity (Wildman–Crippen MR) is 73.7 cm³/mol. The van der Waals surface area contributed by atoms with E-state index in [1.807, 2.05) is 12.3 Å². The van der Waals surface area contributed by atoms with E-state index in [-0.39, 0.29) is 0 Å². The van der Waals surface area contributed by atoms with Gasteiger partial charge in [-0.2, -0.15) is 0 Å². The van der Waals surface area contributed by atoms with E-state index in [1.165, 1.54) is 3.71 Å². The molecule has 0 spiro atoms. The van der Waals surface area contributed by atoms with Gasteiger partial charge >= 0.3 is 108 Å². The maximum atomic E-state index is 6.03. The van der Waals surface area contributed by atoms with Gasteiger partial charge in [0, 0.05) is 0 Å². The van der Waals surface area contributed by atoms with Gasteiger partial charge in [0.05, 0.1) is 0 Å². The molecule has 3 nitrogen and oxygen atoms in total. The first kappa shape index (κ1) is 13.1. The zero-order valence-corrected chi connectivity index (χ0v) is 14.1. The molecule has 0 amide bonds. The molecular formula is C13H22N2OSn. The van der Waals surface area contributed by atoms with Crippen LogP contribution in [0, 0.1) is 0 Å². The molecule has 1 fully saturated rings. The summed E-state index contributed by atoms with van der Waals surface area (Å²) in [7, 11) is 2.15. The number of ether oxygens (including phenoxy) is 1. The second kappa shape index (κ2) is 5.14. The van der Waals surface area contributed by atoms with Crippen LogP contribution in [0.2, 0.25) is 14.8 Å². The number of rotatable bonds is 3. The summed E-state index contributed by atoms with van der Waals surface area (Å²) in [5, 5.41) is 0. The van der Waals surface area contributed by atoms with Gasteiger partial charge in [-0.3, -0.25) is 0 Å². The summed E-state index contributed by atoms with van der Waals surface area (Å²) < 4.78 is 7.33. The molecule has 4 heteroatoms. The number of pyridine rings is 1. The van der Waals surface area contributed by atoms with Crippen molar-refractivity contribution < 1.29 is 4.74 Å². The van der Waals surface area contributed by atoms with Crippen LogP contribution in [0.1, 0.15) is 6.42 Å². The Balaban J connectivity index is 2.06. The van der Waals surface area contributed by atoms with Crippen LogP contribution in [0.15, 0.2) is 18.3 Å². The van der Waals surface area contributed by atoms with Gasteiger partial charge in [0.2, 0.25) is 0 Å². The normalized spacial score (nSPS) is 21.8. The van der Waals surface area contributed by atoms with E-state index >= 15 is 0 Å². The van der Waals surface area contributed by atoms with Crippen molar-refractivity contribution in [2.45, 2.75) is 27.3 Å². The van der Waals surface area contributed by atoms with Crippen LogP contribution in [0.25, 0.3) is 0 Å². The molecule has 0 aliphatic carbocycles. The summed E-state index contributed by atoms with van der Waals surface area (Å²) in [5.74, 6) is 1.00. The van der Waals surface area contributed by atoms with Crippen molar-refractivity contribution in [2.24, 2.45) is 0 Å². The van der Waals surface area contributed by atoms with Crippen LogP contribution in [0.3, 0.4) is 0 Å². The van der Waals surface area contributed by atoms with Gasteiger partial charge < -0.3 is 0 Å². The van der Waals surface area contributed by atoms with Crippen molar-refractivity contribution >= 4 is 22.1 Å². The molecular weight excluding hydrogens is 319 g/mol. The second-order valence-electron chi connectivity index (χ2n) is 5.92. The Morgan fingerprint density at radius 3 is 2.76 bits per heavy atom. The molecule has 1 saturated heterocycles. The second-order valence-corrected chi connectivity index (χ2v) is 20.2. The van der Waals surface area contributed by atoms with Crippen molar-refractivity contribution in [3.05, 3.63) is 18.3 Å². The molecule has 0 N–H and O–H groups in total. The monoisotopic (exact) mass is 342 g/mol. The predicted octanol–water partition coefficient (Wildman–Crippen LogP) is 1.71. The van der Waals surface area contributed by atoms with Crippen molar-refractivity contribution in [3.63, 3.8) is 0 Å².